The first-order valence-corrected chi connectivity index (χ1v) is 6.96. The standard InChI is InChI=1S/C16H18N2O2/c19-13-7-4-10-18(11-13)16(20)17-15-9-3-6-12-5-1-2-8-14(12)15/h1-3,5-6,8-9,13,19H,4,7,10-11H2,(H,17,20)/t13-/m0/s1. The number of rotatable bonds is 1. The van der Waals surface area contributed by atoms with Gasteiger partial charge in [-0.15, -0.1) is 0 Å². The molecule has 1 saturated heterocycles. The van der Waals surface area contributed by atoms with Gasteiger partial charge in [0.1, 0.15) is 0 Å². The van der Waals surface area contributed by atoms with Crippen LogP contribution in [0.15, 0.2) is 42.5 Å². The van der Waals surface area contributed by atoms with E-state index in [2.05, 4.69) is 5.32 Å². The van der Waals surface area contributed by atoms with Crippen LogP contribution in [0.3, 0.4) is 0 Å². The van der Waals surface area contributed by atoms with Crippen LogP contribution in [0.5, 0.6) is 0 Å². The minimum atomic E-state index is -0.401. The Morgan fingerprint density at radius 2 is 2.00 bits per heavy atom. The summed E-state index contributed by atoms with van der Waals surface area (Å²) in [5, 5.41) is 14.7. The van der Waals surface area contributed by atoms with Gasteiger partial charge in [0.15, 0.2) is 0 Å². The number of carbonyl (C=O) groups excluding carboxylic acids is 1. The fraction of sp³-hybridized carbons (Fsp3) is 0.312. The fourth-order valence-corrected chi connectivity index (χ4v) is 2.67. The maximum atomic E-state index is 12.3. The number of anilines is 1. The van der Waals surface area contributed by atoms with Crippen LogP contribution in [0.4, 0.5) is 10.5 Å². The molecule has 3 rings (SSSR count). The number of hydrogen-bond acceptors (Lipinski definition) is 2. The second kappa shape index (κ2) is 5.51. The van der Waals surface area contributed by atoms with Crippen molar-refractivity contribution in [2.75, 3.05) is 18.4 Å². The van der Waals surface area contributed by atoms with Gasteiger partial charge < -0.3 is 15.3 Å². The molecule has 2 aromatic carbocycles. The topological polar surface area (TPSA) is 52.6 Å². The lowest BCUT2D eigenvalue weighted by Crippen LogP contribution is -2.44. The molecule has 20 heavy (non-hydrogen) atoms. The largest absolute Gasteiger partial charge is 0.391 e. The molecule has 0 unspecified atom stereocenters. The SMILES string of the molecule is O=C(Nc1cccc2ccccc12)N1CCC[C@H](O)C1. The van der Waals surface area contributed by atoms with Crippen LogP contribution < -0.4 is 5.32 Å². The smallest absolute Gasteiger partial charge is 0.321 e. The average Bonchev–Trinajstić information content (AvgIpc) is 2.47. The van der Waals surface area contributed by atoms with Crippen molar-refractivity contribution in [2.24, 2.45) is 0 Å². The number of nitrogens with zero attached hydrogens (tertiary/aromatic N) is 1. The van der Waals surface area contributed by atoms with E-state index >= 15 is 0 Å². The maximum Gasteiger partial charge on any atom is 0.321 e. The van der Waals surface area contributed by atoms with Crippen LogP contribution >= 0.6 is 0 Å². The van der Waals surface area contributed by atoms with Gasteiger partial charge in [0.05, 0.1) is 11.8 Å². The minimum absolute atomic E-state index is 0.139. The zero-order chi connectivity index (χ0) is 13.9. The molecular formula is C16H18N2O2. The molecule has 2 aromatic rings. The summed E-state index contributed by atoms with van der Waals surface area (Å²) >= 11 is 0. The van der Waals surface area contributed by atoms with Gasteiger partial charge in [0, 0.05) is 18.5 Å². The van der Waals surface area contributed by atoms with Crippen LogP contribution in [0, 0.1) is 0 Å². The molecule has 1 aliphatic rings. The Bertz CT molecular complexity index is 621. The summed E-state index contributed by atoms with van der Waals surface area (Å²) in [5.74, 6) is 0. The van der Waals surface area contributed by atoms with E-state index in [1.807, 2.05) is 42.5 Å². The number of fused-ring (bicyclic) bond motifs is 1. The summed E-state index contributed by atoms with van der Waals surface area (Å²) in [6, 6.07) is 13.7. The Hall–Kier alpha value is -2.07. The number of benzene rings is 2. The quantitative estimate of drug-likeness (QED) is 0.837. The van der Waals surface area contributed by atoms with Crippen molar-refractivity contribution in [1.82, 2.24) is 4.90 Å². The molecule has 1 atom stereocenters. The Morgan fingerprint density at radius 3 is 2.85 bits per heavy atom. The first kappa shape index (κ1) is 12.9. The van der Waals surface area contributed by atoms with Crippen molar-refractivity contribution >= 4 is 22.5 Å². The summed E-state index contributed by atoms with van der Waals surface area (Å²) in [4.78, 5) is 13.9. The Kier molecular flexibility index (Phi) is 3.56. The average molecular weight is 270 g/mol. The molecule has 0 aliphatic carbocycles. The predicted molar refractivity (Wildman–Crippen MR) is 79.8 cm³/mol. The third-order valence-corrected chi connectivity index (χ3v) is 3.71. The summed E-state index contributed by atoms with van der Waals surface area (Å²) in [6.45, 7) is 1.12. The van der Waals surface area contributed by atoms with Crippen molar-refractivity contribution in [3.8, 4) is 0 Å². The summed E-state index contributed by atoms with van der Waals surface area (Å²) in [6.07, 6.45) is 1.23. The van der Waals surface area contributed by atoms with Crippen LogP contribution in [0.25, 0.3) is 10.8 Å². The summed E-state index contributed by atoms with van der Waals surface area (Å²) in [5.41, 5.74) is 0.813. The highest BCUT2D eigenvalue weighted by Gasteiger charge is 2.22. The zero-order valence-corrected chi connectivity index (χ0v) is 11.2. The molecule has 1 heterocycles. The number of nitrogens with one attached hydrogen (secondary N) is 1. The number of hydrogen-bond donors (Lipinski definition) is 2. The fourth-order valence-electron chi connectivity index (χ4n) is 2.67. The first-order valence-electron chi connectivity index (χ1n) is 6.96. The Labute approximate surface area is 118 Å². The highest BCUT2D eigenvalue weighted by molar-refractivity contribution is 6.01. The normalized spacial score (nSPS) is 19.1. The van der Waals surface area contributed by atoms with Crippen molar-refractivity contribution in [1.29, 1.82) is 0 Å². The van der Waals surface area contributed by atoms with Gasteiger partial charge in [0.25, 0.3) is 0 Å². The number of urea groups is 1. The summed E-state index contributed by atoms with van der Waals surface area (Å²) in [7, 11) is 0. The lowest BCUT2D eigenvalue weighted by atomic mass is 10.1. The Morgan fingerprint density at radius 1 is 1.20 bits per heavy atom. The third-order valence-electron chi connectivity index (χ3n) is 3.71. The number of likely N-dealkylation sites (tertiary alicyclic amines) is 1. The van der Waals surface area contributed by atoms with Gasteiger partial charge in [-0.05, 0) is 24.3 Å². The molecule has 0 spiro atoms. The lowest BCUT2D eigenvalue weighted by Gasteiger charge is -2.30. The monoisotopic (exact) mass is 270 g/mol. The molecule has 1 aliphatic heterocycles. The van der Waals surface area contributed by atoms with Gasteiger partial charge in [-0.2, -0.15) is 0 Å². The Balaban J connectivity index is 1.80. The lowest BCUT2D eigenvalue weighted by molar-refractivity contribution is 0.0883. The highest BCUT2D eigenvalue weighted by atomic mass is 16.3. The second-order valence-corrected chi connectivity index (χ2v) is 5.20. The van der Waals surface area contributed by atoms with Crippen molar-refractivity contribution < 1.29 is 9.90 Å². The molecule has 2 N–H and O–H groups in total. The molecule has 0 aromatic heterocycles. The van der Waals surface area contributed by atoms with E-state index in [9.17, 15) is 9.90 Å². The molecule has 4 heteroatoms. The number of aliphatic hydroxyl groups excluding tert-OH is 1. The van der Waals surface area contributed by atoms with Gasteiger partial charge in [-0.25, -0.2) is 4.79 Å². The molecule has 0 saturated carbocycles. The van der Waals surface area contributed by atoms with Gasteiger partial charge in [-0.1, -0.05) is 36.4 Å². The van der Waals surface area contributed by atoms with Crippen LogP contribution in [0.2, 0.25) is 0 Å². The van der Waals surface area contributed by atoms with E-state index in [4.69, 9.17) is 0 Å². The van der Waals surface area contributed by atoms with E-state index in [1.165, 1.54) is 0 Å². The molecular weight excluding hydrogens is 252 g/mol. The molecule has 4 nitrogen and oxygen atoms in total. The van der Waals surface area contributed by atoms with Crippen molar-refractivity contribution in [3.63, 3.8) is 0 Å². The van der Waals surface area contributed by atoms with Crippen LogP contribution in [-0.4, -0.2) is 35.2 Å². The van der Waals surface area contributed by atoms with Crippen LogP contribution in [0.1, 0.15) is 12.8 Å². The highest BCUT2D eigenvalue weighted by Crippen LogP contribution is 2.23. The second-order valence-electron chi connectivity index (χ2n) is 5.20. The molecule has 0 radical (unpaired) electrons. The van der Waals surface area contributed by atoms with E-state index < -0.39 is 6.10 Å². The van der Waals surface area contributed by atoms with E-state index in [-0.39, 0.29) is 6.03 Å². The maximum absolute atomic E-state index is 12.3. The molecule has 1 fully saturated rings. The number of carbonyl (C=O) groups is 1. The van der Waals surface area contributed by atoms with E-state index in [0.29, 0.717) is 13.1 Å². The first-order chi connectivity index (χ1) is 9.74. The molecule has 2 amide bonds. The van der Waals surface area contributed by atoms with E-state index in [1.54, 1.807) is 4.90 Å². The minimum Gasteiger partial charge on any atom is -0.391 e. The van der Waals surface area contributed by atoms with Crippen molar-refractivity contribution in [3.05, 3.63) is 42.5 Å². The van der Waals surface area contributed by atoms with E-state index in [0.717, 1.165) is 29.3 Å². The van der Waals surface area contributed by atoms with Crippen molar-refractivity contribution in [2.45, 2.75) is 18.9 Å². The predicted octanol–water partition coefficient (Wildman–Crippen LogP) is 2.83. The molecule has 104 valence electrons. The third kappa shape index (κ3) is 2.60. The van der Waals surface area contributed by atoms with Gasteiger partial charge >= 0.3 is 6.03 Å². The van der Waals surface area contributed by atoms with Gasteiger partial charge in [-0.3, -0.25) is 0 Å². The number of amides is 2. The van der Waals surface area contributed by atoms with Crippen LogP contribution in [-0.2, 0) is 0 Å². The number of β-amino-alcohol motifs (C(OH)–C–C–N with tert-alkyl or cyclic N) is 1. The molecule has 0 bridgehead atoms. The summed E-state index contributed by atoms with van der Waals surface area (Å²) < 4.78 is 0. The number of piperidine rings is 1. The number of aliphatic hydroxyl groups is 1. The zero-order valence-electron chi connectivity index (χ0n) is 11.2. The van der Waals surface area contributed by atoms with Gasteiger partial charge in [0.2, 0.25) is 0 Å².